The maximum atomic E-state index is 12.9. The second-order valence-electron chi connectivity index (χ2n) is 11.0. The van der Waals surface area contributed by atoms with Gasteiger partial charge in [0.05, 0.1) is 25.0 Å². The van der Waals surface area contributed by atoms with Gasteiger partial charge in [0.15, 0.2) is 0 Å². The normalized spacial score (nSPS) is 20.0. The minimum Gasteiger partial charge on any atom is -0.465 e. The van der Waals surface area contributed by atoms with Crippen LogP contribution in [0.3, 0.4) is 0 Å². The fraction of sp³-hybridized carbons (Fsp3) is 0.935. The zero-order chi connectivity index (χ0) is 25.6. The van der Waals surface area contributed by atoms with Crippen molar-refractivity contribution >= 4 is 11.9 Å². The van der Waals surface area contributed by atoms with Gasteiger partial charge in [0.25, 0.3) is 0 Å². The van der Waals surface area contributed by atoms with Crippen LogP contribution in [-0.4, -0.2) is 25.2 Å². The Kier molecular flexibility index (Phi) is 20.2. The predicted molar refractivity (Wildman–Crippen MR) is 146 cm³/mol. The fourth-order valence-corrected chi connectivity index (χ4v) is 5.45. The van der Waals surface area contributed by atoms with Gasteiger partial charge < -0.3 is 9.47 Å². The standard InChI is InChI=1S/C31H58O4/c1-4-6-8-10-12-14-16-18-20-25-34-30(32)28-24-22-23-27(3)29(28)31(33)35-26-21-19-17-15-13-11-9-7-5-2/h27-29H,4-26H2,1-3H3. The first-order valence-electron chi connectivity index (χ1n) is 15.4. The third-order valence-corrected chi connectivity index (χ3v) is 7.78. The molecule has 0 amide bonds. The minimum atomic E-state index is -0.335. The maximum Gasteiger partial charge on any atom is 0.310 e. The van der Waals surface area contributed by atoms with Crippen molar-refractivity contribution in [3.05, 3.63) is 0 Å². The van der Waals surface area contributed by atoms with Crippen LogP contribution in [0.2, 0.25) is 0 Å². The topological polar surface area (TPSA) is 52.6 Å². The van der Waals surface area contributed by atoms with E-state index in [1.54, 1.807) is 0 Å². The van der Waals surface area contributed by atoms with Crippen molar-refractivity contribution in [3.8, 4) is 0 Å². The molecule has 1 aliphatic rings. The fourth-order valence-electron chi connectivity index (χ4n) is 5.45. The summed E-state index contributed by atoms with van der Waals surface area (Å²) >= 11 is 0. The smallest absolute Gasteiger partial charge is 0.310 e. The lowest BCUT2D eigenvalue weighted by Crippen LogP contribution is -2.39. The van der Waals surface area contributed by atoms with Crippen LogP contribution >= 0.6 is 0 Å². The first-order chi connectivity index (χ1) is 17.1. The molecule has 1 fully saturated rings. The van der Waals surface area contributed by atoms with Crippen molar-refractivity contribution in [1.29, 1.82) is 0 Å². The van der Waals surface area contributed by atoms with Crippen molar-refractivity contribution in [1.82, 2.24) is 0 Å². The summed E-state index contributed by atoms with van der Waals surface area (Å²) in [5, 5.41) is 0. The average Bonchev–Trinajstić information content (AvgIpc) is 2.85. The third kappa shape index (κ3) is 15.6. The van der Waals surface area contributed by atoms with Gasteiger partial charge in [-0.15, -0.1) is 0 Å². The van der Waals surface area contributed by atoms with Gasteiger partial charge in [-0.1, -0.05) is 130 Å². The van der Waals surface area contributed by atoms with Gasteiger partial charge in [-0.2, -0.15) is 0 Å². The monoisotopic (exact) mass is 494 g/mol. The summed E-state index contributed by atoms with van der Waals surface area (Å²) < 4.78 is 11.3. The van der Waals surface area contributed by atoms with E-state index in [0.29, 0.717) is 13.2 Å². The van der Waals surface area contributed by atoms with E-state index in [9.17, 15) is 9.59 Å². The highest BCUT2D eigenvalue weighted by Crippen LogP contribution is 2.36. The SMILES string of the molecule is CCCCCCCCCCCOC(=O)C1CCCC(C)C1C(=O)OCCCCCCCCCCC. The van der Waals surface area contributed by atoms with Gasteiger partial charge in [-0.05, 0) is 31.6 Å². The molecule has 3 atom stereocenters. The van der Waals surface area contributed by atoms with Crippen LogP contribution in [0, 0.1) is 17.8 Å². The van der Waals surface area contributed by atoms with Crippen molar-refractivity contribution in [2.75, 3.05) is 13.2 Å². The molecular formula is C31H58O4. The molecule has 0 aromatic rings. The lowest BCUT2D eigenvalue weighted by atomic mass is 9.73. The second kappa shape index (κ2) is 22.2. The molecule has 0 heterocycles. The Morgan fingerprint density at radius 1 is 0.571 bits per heavy atom. The van der Waals surface area contributed by atoms with Crippen LogP contribution in [0.25, 0.3) is 0 Å². The molecule has 0 aromatic carbocycles. The lowest BCUT2D eigenvalue weighted by Gasteiger charge is -2.33. The molecule has 0 spiro atoms. The summed E-state index contributed by atoms with van der Waals surface area (Å²) in [5.41, 5.74) is 0. The molecule has 4 nitrogen and oxygen atoms in total. The summed E-state index contributed by atoms with van der Waals surface area (Å²) in [6.45, 7) is 7.56. The largest absolute Gasteiger partial charge is 0.465 e. The molecule has 0 bridgehead atoms. The third-order valence-electron chi connectivity index (χ3n) is 7.78. The van der Waals surface area contributed by atoms with Gasteiger partial charge in [-0.3, -0.25) is 9.59 Å². The Morgan fingerprint density at radius 2 is 0.971 bits per heavy atom. The number of hydrogen-bond donors (Lipinski definition) is 0. The first kappa shape index (κ1) is 32.0. The molecule has 0 aromatic heterocycles. The lowest BCUT2D eigenvalue weighted by molar-refractivity contribution is -0.165. The number of hydrogen-bond acceptors (Lipinski definition) is 4. The summed E-state index contributed by atoms with van der Waals surface area (Å²) in [5.74, 6) is -0.835. The van der Waals surface area contributed by atoms with E-state index in [0.717, 1.165) is 44.9 Å². The van der Waals surface area contributed by atoms with Crippen LogP contribution in [-0.2, 0) is 19.1 Å². The molecule has 1 aliphatic carbocycles. The van der Waals surface area contributed by atoms with E-state index in [4.69, 9.17) is 9.47 Å². The zero-order valence-electron chi connectivity index (χ0n) is 23.6. The highest BCUT2D eigenvalue weighted by Gasteiger charge is 2.41. The number of ether oxygens (including phenoxy) is 2. The molecule has 0 N–H and O–H groups in total. The van der Waals surface area contributed by atoms with Crippen molar-refractivity contribution in [3.63, 3.8) is 0 Å². The molecule has 0 radical (unpaired) electrons. The number of esters is 2. The van der Waals surface area contributed by atoms with Crippen LogP contribution < -0.4 is 0 Å². The molecule has 0 saturated heterocycles. The van der Waals surface area contributed by atoms with Gasteiger partial charge in [0.2, 0.25) is 0 Å². The summed E-state index contributed by atoms with van der Waals surface area (Å²) in [7, 11) is 0. The molecule has 3 unspecified atom stereocenters. The average molecular weight is 495 g/mol. The Morgan fingerprint density at radius 3 is 1.43 bits per heavy atom. The molecule has 0 aliphatic heterocycles. The van der Waals surface area contributed by atoms with Crippen LogP contribution in [0.5, 0.6) is 0 Å². The summed E-state index contributed by atoms with van der Waals surface area (Å²) in [6, 6.07) is 0. The minimum absolute atomic E-state index is 0.179. The first-order valence-corrected chi connectivity index (χ1v) is 15.4. The highest BCUT2D eigenvalue weighted by molar-refractivity contribution is 5.82. The van der Waals surface area contributed by atoms with Gasteiger partial charge in [0, 0.05) is 0 Å². The molecule has 206 valence electrons. The maximum absolute atomic E-state index is 12.9. The summed E-state index contributed by atoms with van der Waals surface area (Å²) in [4.78, 5) is 25.7. The van der Waals surface area contributed by atoms with Crippen molar-refractivity contribution in [2.24, 2.45) is 17.8 Å². The Bertz CT molecular complexity index is 518. The molecule has 1 saturated carbocycles. The van der Waals surface area contributed by atoms with Crippen LogP contribution in [0.1, 0.15) is 156 Å². The van der Waals surface area contributed by atoms with Gasteiger partial charge in [-0.25, -0.2) is 0 Å². The zero-order valence-corrected chi connectivity index (χ0v) is 23.6. The van der Waals surface area contributed by atoms with E-state index >= 15 is 0 Å². The number of unbranched alkanes of at least 4 members (excludes halogenated alkanes) is 16. The van der Waals surface area contributed by atoms with Gasteiger partial charge in [0.1, 0.15) is 0 Å². The molecule has 4 heteroatoms. The molecular weight excluding hydrogens is 436 g/mol. The molecule has 1 rings (SSSR count). The van der Waals surface area contributed by atoms with E-state index in [-0.39, 0.29) is 29.7 Å². The summed E-state index contributed by atoms with van der Waals surface area (Å²) in [6.07, 6.45) is 25.2. The van der Waals surface area contributed by atoms with Gasteiger partial charge >= 0.3 is 11.9 Å². The van der Waals surface area contributed by atoms with E-state index in [1.165, 1.54) is 89.9 Å². The Labute approximate surface area is 217 Å². The molecule has 35 heavy (non-hydrogen) atoms. The Hall–Kier alpha value is -1.06. The second-order valence-corrected chi connectivity index (χ2v) is 11.0. The van der Waals surface area contributed by atoms with Crippen LogP contribution in [0.15, 0.2) is 0 Å². The van der Waals surface area contributed by atoms with E-state index in [2.05, 4.69) is 20.8 Å². The highest BCUT2D eigenvalue weighted by atomic mass is 16.5. The van der Waals surface area contributed by atoms with E-state index < -0.39 is 0 Å². The number of rotatable bonds is 22. The van der Waals surface area contributed by atoms with Crippen LogP contribution in [0.4, 0.5) is 0 Å². The predicted octanol–water partition coefficient (Wildman–Crippen LogP) is 9.19. The van der Waals surface area contributed by atoms with Crippen molar-refractivity contribution < 1.29 is 19.1 Å². The number of carbonyl (C=O) groups is 2. The quantitative estimate of drug-likeness (QED) is 0.111. The van der Waals surface area contributed by atoms with E-state index in [1.807, 2.05) is 0 Å². The Balaban J connectivity index is 2.19. The van der Waals surface area contributed by atoms with Crippen molar-refractivity contribution in [2.45, 2.75) is 156 Å². The number of carbonyl (C=O) groups excluding carboxylic acids is 2.